The first-order valence-corrected chi connectivity index (χ1v) is 6.47. The van der Waals surface area contributed by atoms with Gasteiger partial charge in [-0.1, -0.05) is 0 Å². The van der Waals surface area contributed by atoms with Crippen LogP contribution in [0.15, 0.2) is 18.2 Å². The van der Waals surface area contributed by atoms with Gasteiger partial charge in [0.15, 0.2) is 0 Å². The zero-order valence-corrected chi connectivity index (χ0v) is 11.6. The maximum Gasteiger partial charge on any atom is 0.338 e. The van der Waals surface area contributed by atoms with Gasteiger partial charge in [0.25, 0.3) is 0 Å². The Kier molecular flexibility index (Phi) is 4.31. The Bertz CT molecular complexity index is 687. The Hall–Kier alpha value is -2.41. The number of ether oxygens (including phenoxy) is 1. The zero-order chi connectivity index (χ0) is 14.5. The van der Waals surface area contributed by atoms with Crippen molar-refractivity contribution in [3.8, 4) is 12.3 Å². The number of rotatable bonds is 4. The van der Waals surface area contributed by atoms with E-state index in [4.69, 9.17) is 11.2 Å². The van der Waals surface area contributed by atoms with Crippen molar-refractivity contribution in [3.63, 3.8) is 0 Å². The van der Waals surface area contributed by atoms with Crippen LogP contribution < -0.4 is 0 Å². The zero-order valence-electron chi connectivity index (χ0n) is 11.6. The molecule has 0 radical (unpaired) electrons. The van der Waals surface area contributed by atoms with Crippen LogP contribution in [0.2, 0.25) is 0 Å². The molecule has 0 aliphatic rings. The van der Waals surface area contributed by atoms with Crippen LogP contribution in [0.3, 0.4) is 0 Å². The summed E-state index contributed by atoms with van der Waals surface area (Å²) in [6.45, 7) is 4.14. The molecule has 0 saturated carbocycles. The molecule has 0 aliphatic carbocycles. The highest BCUT2D eigenvalue weighted by Crippen LogP contribution is 2.15. The van der Waals surface area contributed by atoms with Crippen LogP contribution in [0.5, 0.6) is 0 Å². The summed E-state index contributed by atoms with van der Waals surface area (Å²) in [6.07, 6.45) is 6.42. The molecule has 1 aromatic heterocycles. The minimum Gasteiger partial charge on any atom is -0.462 e. The molecule has 0 unspecified atom stereocenters. The van der Waals surface area contributed by atoms with Gasteiger partial charge in [-0.25, -0.2) is 14.8 Å². The maximum absolute atomic E-state index is 11.9. The number of fused-ring (bicyclic) bond motifs is 1. The molecule has 0 fully saturated rings. The molecule has 0 bridgehead atoms. The minimum absolute atomic E-state index is 0.333. The second-order valence-corrected chi connectivity index (χ2v) is 4.54. The van der Waals surface area contributed by atoms with Gasteiger partial charge in [0, 0.05) is 6.42 Å². The lowest BCUT2D eigenvalue weighted by molar-refractivity contribution is 0.0502. The Morgan fingerprint density at radius 1 is 1.25 bits per heavy atom. The number of aromatic nitrogens is 2. The van der Waals surface area contributed by atoms with Crippen molar-refractivity contribution in [1.82, 2.24) is 9.97 Å². The van der Waals surface area contributed by atoms with Crippen molar-refractivity contribution in [1.29, 1.82) is 0 Å². The summed E-state index contributed by atoms with van der Waals surface area (Å²) in [6, 6.07) is 5.19. The number of benzene rings is 1. The quantitative estimate of drug-likeness (QED) is 0.486. The van der Waals surface area contributed by atoms with Gasteiger partial charge < -0.3 is 4.74 Å². The van der Waals surface area contributed by atoms with E-state index < -0.39 is 0 Å². The highest BCUT2D eigenvalue weighted by molar-refractivity contribution is 5.93. The SMILES string of the molecule is C#CCCCOC(=O)c1ccc2nc(C)c(C)nc2c1. The molecule has 102 valence electrons. The lowest BCUT2D eigenvalue weighted by atomic mass is 10.2. The molecule has 2 rings (SSSR count). The highest BCUT2D eigenvalue weighted by atomic mass is 16.5. The highest BCUT2D eigenvalue weighted by Gasteiger charge is 2.09. The molecule has 2 aromatic rings. The van der Waals surface area contributed by atoms with Crippen molar-refractivity contribution in [2.45, 2.75) is 26.7 Å². The molecule has 0 N–H and O–H groups in total. The Balaban J connectivity index is 2.17. The third-order valence-corrected chi connectivity index (χ3v) is 3.01. The van der Waals surface area contributed by atoms with E-state index in [-0.39, 0.29) is 5.97 Å². The third-order valence-electron chi connectivity index (χ3n) is 3.01. The molecule has 0 saturated heterocycles. The van der Waals surface area contributed by atoms with Crippen molar-refractivity contribution in [3.05, 3.63) is 35.2 Å². The number of carbonyl (C=O) groups excluding carboxylic acids is 1. The molecule has 0 aliphatic heterocycles. The summed E-state index contributed by atoms with van der Waals surface area (Å²) in [5.74, 6) is 2.15. The van der Waals surface area contributed by atoms with E-state index >= 15 is 0 Å². The number of aryl methyl sites for hydroxylation is 2. The molecular formula is C16H16N2O2. The summed E-state index contributed by atoms with van der Waals surface area (Å²) in [5.41, 5.74) is 3.71. The lowest BCUT2D eigenvalue weighted by Crippen LogP contribution is -2.06. The van der Waals surface area contributed by atoms with Crippen LogP contribution in [0.25, 0.3) is 11.0 Å². The molecule has 20 heavy (non-hydrogen) atoms. The number of carbonyl (C=O) groups is 1. The normalized spacial score (nSPS) is 10.2. The average Bonchev–Trinajstić information content (AvgIpc) is 2.44. The molecular weight excluding hydrogens is 252 g/mol. The van der Waals surface area contributed by atoms with Crippen LogP contribution in [-0.4, -0.2) is 22.5 Å². The van der Waals surface area contributed by atoms with Crippen LogP contribution in [-0.2, 0) is 4.74 Å². The maximum atomic E-state index is 11.9. The van der Waals surface area contributed by atoms with Crippen LogP contribution in [0.4, 0.5) is 0 Å². The second-order valence-electron chi connectivity index (χ2n) is 4.54. The number of esters is 1. The summed E-state index contributed by atoms with van der Waals surface area (Å²) in [4.78, 5) is 20.7. The minimum atomic E-state index is -0.357. The van der Waals surface area contributed by atoms with E-state index in [0.717, 1.165) is 16.9 Å². The Labute approximate surface area is 118 Å². The Morgan fingerprint density at radius 3 is 2.65 bits per heavy atom. The van der Waals surface area contributed by atoms with Gasteiger partial charge in [-0.2, -0.15) is 0 Å². The smallest absolute Gasteiger partial charge is 0.338 e. The van der Waals surface area contributed by atoms with E-state index in [1.165, 1.54) is 0 Å². The molecule has 0 spiro atoms. The fraction of sp³-hybridized carbons (Fsp3) is 0.312. The van der Waals surface area contributed by atoms with Gasteiger partial charge in [0.2, 0.25) is 0 Å². The van der Waals surface area contributed by atoms with Crippen LogP contribution >= 0.6 is 0 Å². The van der Waals surface area contributed by atoms with Crippen LogP contribution in [0.1, 0.15) is 34.6 Å². The standard InChI is InChI=1S/C16H16N2O2/c1-4-5-6-9-20-16(19)13-7-8-14-15(10-13)18-12(3)11(2)17-14/h1,7-8,10H,5-6,9H2,2-3H3. The number of hydrogen-bond acceptors (Lipinski definition) is 4. The predicted molar refractivity (Wildman–Crippen MR) is 77.4 cm³/mol. The first-order chi connectivity index (χ1) is 9.61. The molecule has 1 heterocycles. The van der Waals surface area contributed by atoms with Gasteiger partial charge in [-0.15, -0.1) is 12.3 Å². The molecule has 4 nitrogen and oxygen atoms in total. The number of unbranched alkanes of at least 4 members (excludes halogenated alkanes) is 1. The van der Waals surface area contributed by atoms with Crippen molar-refractivity contribution >= 4 is 17.0 Å². The third kappa shape index (κ3) is 3.12. The fourth-order valence-corrected chi connectivity index (χ4v) is 1.78. The first kappa shape index (κ1) is 14.0. The average molecular weight is 268 g/mol. The van der Waals surface area contributed by atoms with E-state index in [9.17, 15) is 4.79 Å². The number of hydrogen-bond donors (Lipinski definition) is 0. The van der Waals surface area contributed by atoms with Crippen molar-refractivity contribution in [2.75, 3.05) is 6.61 Å². The molecule has 4 heteroatoms. The summed E-state index contributed by atoms with van der Waals surface area (Å²) in [7, 11) is 0. The number of nitrogens with zero attached hydrogens (tertiary/aromatic N) is 2. The molecule has 0 amide bonds. The summed E-state index contributed by atoms with van der Waals surface area (Å²) in [5, 5.41) is 0. The topological polar surface area (TPSA) is 52.1 Å². The van der Waals surface area contributed by atoms with Crippen LogP contribution in [0, 0.1) is 26.2 Å². The van der Waals surface area contributed by atoms with Crippen molar-refractivity contribution in [2.24, 2.45) is 0 Å². The van der Waals surface area contributed by atoms with Crippen molar-refractivity contribution < 1.29 is 9.53 Å². The molecule has 1 aromatic carbocycles. The van der Waals surface area contributed by atoms with E-state index in [0.29, 0.717) is 30.5 Å². The second kappa shape index (κ2) is 6.16. The number of terminal acetylenes is 1. The van der Waals surface area contributed by atoms with Gasteiger partial charge >= 0.3 is 5.97 Å². The molecule has 0 atom stereocenters. The van der Waals surface area contributed by atoms with Gasteiger partial charge in [0.1, 0.15) is 0 Å². The van der Waals surface area contributed by atoms with Gasteiger partial charge in [-0.3, -0.25) is 0 Å². The summed E-state index contributed by atoms with van der Waals surface area (Å²) >= 11 is 0. The first-order valence-electron chi connectivity index (χ1n) is 6.47. The Morgan fingerprint density at radius 2 is 1.95 bits per heavy atom. The largest absolute Gasteiger partial charge is 0.462 e. The predicted octanol–water partition coefficient (Wildman–Crippen LogP) is 2.82. The van der Waals surface area contributed by atoms with E-state index in [1.54, 1.807) is 18.2 Å². The van der Waals surface area contributed by atoms with Gasteiger partial charge in [0.05, 0.1) is 34.6 Å². The lowest BCUT2D eigenvalue weighted by Gasteiger charge is -2.06. The monoisotopic (exact) mass is 268 g/mol. The summed E-state index contributed by atoms with van der Waals surface area (Å²) < 4.78 is 5.15. The van der Waals surface area contributed by atoms with E-state index in [2.05, 4.69) is 15.9 Å². The van der Waals surface area contributed by atoms with Gasteiger partial charge in [-0.05, 0) is 38.5 Å². The van der Waals surface area contributed by atoms with E-state index in [1.807, 2.05) is 13.8 Å². The fourth-order valence-electron chi connectivity index (χ4n) is 1.78.